The number of rotatable bonds is 7. The van der Waals surface area contributed by atoms with Crippen molar-refractivity contribution in [2.45, 2.75) is 19.4 Å². The molecule has 0 bridgehead atoms. The highest BCUT2D eigenvalue weighted by atomic mass is 35.5. The maximum atomic E-state index is 12.1. The van der Waals surface area contributed by atoms with Crippen molar-refractivity contribution in [3.63, 3.8) is 0 Å². The van der Waals surface area contributed by atoms with Gasteiger partial charge in [-0.2, -0.15) is 5.26 Å². The normalized spacial score (nSPS) is 11.1. The molecule has 1 rings (SSSR count). The molecule has 0 aliphatic carbocycles. The van der Waals surface area contributed by atoms with Gasteiger partial charge in [0.15, 0.2) is 0 Å². The number of hydrogen-bond donors (Lipinski definition) is 0. The van der Waals surface area contributed by atoms with Gasteiger partial charge in [0.25, 0.3) is 0 Å². The largest absolute Gasteiger partial charge is 0.492 e. The van der Waals surface area contributed by atoms with Crippen LogP contribution in [-0.2, 0) is 4.79 Å². The van der Waals surface area contributed by atoms with Gasteiger partial charge >= 0.3 is 0 Å². The fourth-order valence-corrected chi connectivity index (χ4v) is 1.78. The van der Waals surface area contributed by atoms with E-state index in [0.29, 0.717) is 18.2 Å². The number of carbonyl (C=O) groups is 1. The van der Waals surface area contributed by atoms with Gasteiger partial charge in [0.2, 0.25) is 5.91 Å². The van der Waals surface area contributed by atoms with Crippen LogP contribution in [0, 0.1) is 11.3 Å². The first-order chi connectivity index (χ1) is 10.3. The van der Waals surface area contributed by atoms with E-state index in [1.54, 1.807) is 45.2 Å². The summed E-state index contributed by atoms with van der Waals surface area (Å²) in [6.45, 7) is 4.75. The molecule has 0 saturated carbocycles. The molecule has 1 aromatic carbocycles. The second kappa shape index (κ2) is 8.02. The van der Waals surface area contributed by atoms with Gasteiger partial charge in [-0.25, -0.2) is 0 Å². The fraction of sp³-hybridized carbons (Fsp3) is 0.500. The van der Waals surface area contributed by atoms with Crippen LogP contribution >= 0.6 is 11.6 Å². The molecular weight excluding hydrogens is 302 g/mol. The smallest absolute Gasteiger partial charge is 0.237 e. The zero-order valence-electron chi connectivity index (χ0n) is 13.5. The third kappa shape index (κ3) is 5.55. The number of amides is 1. The fourth-order valence-electron chi connectivity index (χ4n) is 1.65. The summed E-state index contributed by atoms with van der Waals surface area (Å²) in [5, 5.41) is 9.71. The van der Waals surface area contributed by atoms with Gasteiger partial charge in [-0.05, 0) is 45.2 Å². The molecule has 0 radical (unpaired) electrons. The number of nitrogens with zero attached hydrogens (tertiary/aromatic N) is 3. The van der Waals surface area contributed by atoms with Crippen molar-refractivity contribution >= 4 is 17.5 Å². The summed E-state index contributed by atoms with van der Waals surface area (Å²) in [4.78, 5) is 15.4. The lowest BCUT2D eigenvalue weighted by molar-refractivity contribution is -0.134. The summed E-state index contributed by atoms with van der Waals surface area (Å²) in [5.41, 5.74) is -0.808. The second-order valence-electron chi connectivity index (χ2n) is 5.66. The van der Waals surface area contributed by atoms with Crippen LogP contribution < -0.4 is 4.74 Å². The molecule has 120 valence electrons. The van der Waals surface area contributed by atoms with E-state index in [1.165, 1.54) is 4.90 Å². The van der Waals surface area contributed by atoms with Gasteiger partial charge in [0.05, 0.1) is 12.6 Å². The van der Waals surface area contributed by atoms with Crippen LogP contribution in [0.15, 0.2) is 24.3 Å². The van der Waals surface area contributed by atoms with E-state index in [2.05, 4.69) is 6.07 Å². The Bertz CT molecular complexity index is 537. The van der Waals surface area contributed by atoms with Crippen LogP contribution in [-0.4, -0.2) is 55.0 Å². The van der Waals surface area contributed by atoms with Crippen LogP contribution in [0.25, 0.3) is 0 Å². The van der Waals surface area contributed by atoms with Gasteiger partial charge < -0.3 is 9.64 Å². The zero-order valence-corrected chi connectivity index (χ0v) is 14.2. The highest BCUT2D eigenvalue weighted by Crippen LogP contribution is 2.15. The Morgan fingerprint density at radius 1 is 1.32 bits per heavy atom. The third-order valence-corrected chi connectivity index (χ3v) is 3.70. The molecule has 0 unspecified atom stereocenters. The number of ether oxygens (including phenoxy) is 1. The van der Waals surface area contributed by atoms with Crippen molar-refractivity contribution in [1.82, 2.24) is 9.80 Å². The lowest BCUT2D eigenvalue weighted by Crippen LogP contribution is -2.48. The standard InChI is InChI=1S/C16H22ClN3O2/c1-16(2,12-18)20(4)15(21)11-19(3)9-10-22-14-7-5-13(17)6-8-14/h5-8H,9-11H2,1-4H3. The average molecular weight is 324 g/mol. The minimum absolute atomic E-state index is 0.0967. The maximum absolute atomic E-state index is 12.1. The number of nitriles is 1. The van der Waals surface area contributed by atoms with Gasteiger partial charge in [-0.15, -0.1) is 0 Å². The Morgan fingerprint density at radius 2 is 1.91 bits per heavy atom. The lowest BCUT2D eigenvalue weighted by Gasteiger charge is -2.30. The van der Waals surface area contributed by atoms with E-state index in [0.717, 1.165) is 5.75 Å². The molecule has 22 heavy (non-hydrogen) atoms. The monoisotopic (exact) mass is 323 g/mol. The van der Waals surface area contributed by atoms with E-state index in [1.807, 2.05) is 11.9 Å². The van der Waals surface area contributed by atoms with Crippen LogP contribution in [0.3, 0.4) is 0 Å². The molecule has 0 saturated heterocycles. The number of halogens is 1. The average Bonchev–Trinajstić information content (AvgIpc) is 2.48. The Labute approximate surface area is 137 Å². The molecule has 6 heteroatoms. The number of likely N-dealkylation sites (N-methyl/N-ethyl adjacent to an activating group) is 2. The molecule has 0 aliphatic heterocycles. The first-order valence-corrected chi connectivity index (χ1v) is 7.39. The molecule has 0 atom stereocenters. The van der Waals surface area contributed by atoms with Crippen LogP contribution in [0.1, 0.15) is 13.8 Å². The predicted octanol–water partition coefficient (Wildman–Crippen LogP) is 2.41. The van der Waals surface area contributed by atoms with Crippen molar-refractivity contribution in [3.8, 4) is 11.8 Å². The van der Waals surface area contributed by atoms with Gasteiger partial charge in [0, 0.05) is 18.6 Å². The first kappa shape index (κ1) is 18.3. The second-order valence-corrected chi connectivity index (χ2v) is 6.10. The van der Waals surface area contributed by atoms with Crippen molar-refractivity contribution < 1.29 is 9.53 Å². The van der Waals surface area contributed by atoms with Gasteiger partial charge in [0.1, 0.15) is 17.9 Å². The minimum Gasteiger partial charge on any atom is -0.492 e. The van der Waals surface area contributed by atoms with E-state index in [9.17, 15) is 4.79 Å². The molecule has 5 nitrogen and oxygen atoms in total. The predicted molar refractivity (Wildman–Crippen MR) is 86.9 cm³/mol. The van der Waals surface area contributed by atoms with Crippen molar-refractivity contribution in [3.05, 3.63) is 29.3 Å². The van der Waals surface area contributed by atoms with Crippen LogP contribution in [0.5, 0.6) is 5.75 Å². The maximum Gasteiger partial charge on any atom is 0.237 e. The molecule has 0 aliphatic rings. The lowest BCUT2D eigenvalue weighted by atomic mass is 10.1. The summed E-state index contributed by atoms with van der Waals surface area (Å²) in [6, 6.07) is 9.25. The Morgan fingerprint density at radius 3 is 2.45 bits per heavy atom. The van der Waals surface area contributed by atoms with Crippen molar-refractivity contribution in [2.24, 2.45) is 0 Å². The Balaban J connectivity index is 2.37. The molecule has 0 aromatic heterocycles. The molecule has 0 N–H and O–H groups in total. The van der Waals surface area contributed by atoms with Crippen molar-refractivity contribution in [1.29, 1.82) is 5.26 Å². The number of hydrogen-bond acceptors (Lipinski definition) is 4. The Hall–Kier alpha value is -1.77. The van der Waals surface area contributed by atoms with Gasteiger partial charge in [-0.3, -0.25) is 9.69 Å². The topological polar surface area (TPSA) is 56.6 Å². The Kier molecular flexibility index (Phi) is 6.66. The molecule has 0 heterocycles. The van der Waals surface area contributed by atoms with E-state index >= 15 is 0 Å². The third-order valence-electron chi connectivity index (χ3n) is 3.45. The molecule has 0 fully saturated rings. The van der Waals surface area contributed by atoms with E-state index < -0.39 is 5.54 Å². The summed E-state index contributed by atoms with van der Waals surface area (Å²) in [6.07, 6.45) is 0. The molecular formula is C16H22ClN3O2. The first-order valence-electron chi connectivity index (χ1n) is 7.01. The SMILES string of the molecule is CN(CCOc1ccc(Cl)cc1)CC(=O)N(C)C(C)(C)C#N. The summed E-state index contributed by atoms with van der Waals surface area (Å²) >= 11 is 5.80. The molecule has 0 spiro atoms. The van der Waals surface area contributed by atoms with Crippen LogP contribution in [0.2, 0.25) is 5.02 Å². The summed E-state index contributed by atoms with van der Waals surface area (Å²) in [5.74, 6) is 0.646. The van der Waals surface area contributed by atoms with Gasteiger partial charge in [-0.1, -0.05) is 11.6 Å². The van der Waals surface area contributed by atoms with Crippen LogP contribution in [0.4, 0.5) is 0 Å². The zero-order chi connectivity index (χ0) is 16.8. The number of carbonyl (C=O) groups excluding carboxylic acids is 1. The molecule has 1 aromatic rings. The summed E-state index contributed by atoms with van der Waals surface area (Å²) < 4.78 is 5.58. The highest BCUT2D eigenvalue weighted by Gasteiger charge is 2.27. The van der Waals surface area contributed by atoms with Crippen molar-refractivity contribution in [2.75, 3.05) is 33.8 Å². The van der Waals surface area contributed by atoms with E-state index in [4.69, 9.17) is 21.6 Å². The highest BCUT2D eigenvalue weighted by molar-refractivity contribution is 6.30. The number of benzene rings is 1. The molecule has 1 amide bonds. The minimum atomic E-state index is -0.808. The quantitative estimate of drug-likeness (QED) is 0.773. The summed E-state index contributed by atoms with van der Waals surface area (Å²) in [7, 11) is 3.49. The van der Waals surface area contributed by atoms with E-state index in [-0.39, 0.29) is 12.5 Å².